The highest BCUT2D eigenvalue weighted by atomic mass is 32.2. The molecule has 1 aliphatic rings. The van der Waals surface area contributed by atoms with Crippen molar-refractivity contribution < 1.29 is 0 Å². The number of aromatic nitrogens is 1. The van der Waals surface area contributed by atoms with E-state index in [-0.39, 0.29) is 0 Å². The van der Waals surface area contributed by atoms with Crippen molar-refractivity contribution in [3.8, 4) is 0 Å². The molecule has 2 rings (SSSR count). The van der Waals surface area contributed by atoms with Crippen LogP contribution in [0, 0.1) is 5.92 Å². The molecule has 0 aliphatic carbocycles. The Labute approximate surface area is 102 Å². The zero-order valence-corrected chi connectivity index (χ0v) is 10.8. The predicted octanol–water partition coefficient (Wildman–Crippen LogP) is 2.31. The maximum atomic E-state index is 4.38. The van der Waals surface area contributed by atoms with Crippen LogP contribution in [-0.4, -0.2) is 37.1 Å². The van der Waals surface area contributed by atoms with Crippen LogP contribution in [-0.2, 0) is 0 Å². The molecule has 16 heavy (non-hydrogen) atoms. The lowest BCUT2D eigenvalue weighted by molar-refractivity contribution is 0.631. The molecule has 2 heterocycles. The van der Waals surface area contributed by atoms with Gasteiger partial charge in [-0.15, -0.1) is 0 Å². The lowest BCUT2D eigenvalue weighted by Gasteiger charge is -2.13. The summed E-state index contributed by atoms with van der Waals surface area (Å²) in [4.78, 5) is 6.39. The quantitative estimate of drug-likeness (QED) is 0.870. The maximum Gasteiger partial charge on any atom is 0.128 e. The molecule has 0 radical (unpaired) electrons. The Morgan fingerprint density at radius 3 is 2.94 bits per heavy atom. The van der Waals surface area contributed by atoms with Gasteiger partial charge in [0.05, 0.1) is 11.9 Å². The Morgan fingerprint density at radius 1 is 1.50 bits per heavy atom. The van der Waals surface area contributed by atoms with Crippen molar-refractivity contribution in [3.63, 3.8) is 0 Å². The van der Waals surface area contributed by atoms with Crippen LogP contribution < -0.4 is 10.2 Å². The summed E-state index contributed by atoms with van der Waals surface area (Å²) in [5.41, 5.74) is 1.13. The lowest BCUT2D eigenvalue weighted by atomic mass is 10.1. The molecule has 3 nitrogen and oxygen atoms in total. The smallest absolute Gasteiger partial charge is 0.128 e. The monoisotopic (exact) mass is 237 g/mol. The van der Waals surface area contributed by atoms with E-state index < -0.39 is 0 Å². The van der Waals surface area contributed by atoms with E-state index in [9.17, 15) is 0 Å². The minimum absolute atomic E-state index is 0.832. The lowest BCUT2D eigenvalue weighted by Crippen LogP contribution is -2.14. The standard InChI is InChI=1S/C12H19N3S/c1-15(2)12-4-3-11(8-14-12)13-7-10-5-6-16-9-10/h3-4,8,10,13H,5-7,9H2,1-2H3. The molecule has 1 saturated heterocycles. The summed E-state index contributed by atoms with van der Waals surface area (Å²) in [6.07, 6.45) is 3.26. The van der Waals surface area contributed by atoms with Gasteiger partial charge >= 0.3 is 0 Å². The fourth-order valence-electron chi connectivity index (χ4n) is 1.76. The van der Waals surface area contributed by atoms with Gasteiger partial charge in [-0.2, -0.15) is 11.8 Å². The average molecular weight is 237 g/mol. The van der Waals surface area contributed by atoms with Crippen LogP contribution in [0.3, 0.4) is 0 Å². The molecular weight excluding hydrogens is 218 g/mol. The molecule has 1 aromatic heterocycles. The van der Waals surface area contributed by atoms with E-state index in [2.05, 4.69) is 28.1 Å². The number of nitrogens with one attached hydrogen (secondary N) is 1. The average Bonchev–Trinajstić information content (AvgIpc) is 2.80. The molecule has 0 bridgehead atoms. The summed E-state index contributed by atoms with van der Waals surface area (Å²) < 4.78 is 0. The third-order valence-electron chi connectivity index (χ3n) is 2.82. The van der Waals surface area contributed by atoms with E-state index in [1.165, 1.54) is 17.9 Å². The Hall–Kier alpha value is -0.900. The zero-order valence-electron chi connectivity index (χ0n) is 9.94. The van der Waals surface area contributed by atoms with E-state index in [1.54, 1.807) is 0 Å². The number of hydrogen-bond donors (Lipinski definition) is 1. The van der Waals surface area contributed by atoms with Crippen molar-refractivity contribution in [2.24, 2.45) is 5.92 Å². The van der Waals surface area contributed by atoms with Crippen LogP contribution >= 0.6 is 11.8 Å². The van der Waals surface area contributed by atoms with Crippen LogP contribution in [0.5, 0.6) is 0 Å². The van der Waals surface area contributed by atoms with Gasteiger partial charge in [0.2, 0.25) is 0 Å². The minimum atomic E-state index is 0.832. The molecule has 4 heteroatoms. The van der Waals surface area contributed by atoms with Gasteiger partial charge in [0.25, 0.3) is 0 Å². The highest BCUT2D eigenvalue weighted by Crippen LogP contribution is 2.23. The third kappa shape index (κ3) is 3.04. The first-order valence-electron chi connectivity index (χ1n) is 5.70. The molecular formula is C12H19N3S. The molecule has 0 spiro atoms. The van der Waals surface area contributed by atoms with Gasteiger partial charge in [0.15, 0.2) is 0 Å². The van der Waals surface area contributed by atoms with Gasteiger partial charge in [-0.3, -0.25) is 0 Å². The van der Waals surface area contributed by atoms with E-state index in [0.717, 1.165) is 24.0 Å². The van der Waals surface area contributed by atoms with Crippen molar-refractivity contribution in [1.29, 1.82) is 0 Å². The van der Waals surface area contributed by atoms with Gasteiger partial charge in [-0.1, -0.05) is 0 Å². The molecule has 88 valence electrons. The summed E-state index contributed by atoms with van der Waals surface area (Å²) in [7, 11) is 4.01. The second kappa shape index (κ2) is 5.43. The fourth-order valence-corrected chi connectivity index (χ4v) is 3.05. The summed E-state index contributed by atoms with van der Waals surface area (Å²) in [5, 5.41) is 3.46. The molecule has 1 aromatic rings. The van der Waals surface area contributed by atoms with Crippen molar-refractivity contribution in [3.05, 3.63) is 18.3 Å². The van der Waals surface area contributed by atoms with E-state index in [4.69, 9.17) is 0 Å². The van der Waals surface area contributed by atoms with Gasteiger partial charge in [-0.25, -0.2) is 4.98 Å². The van der Waals surface area contributed by atoms with E-state index in [0.29, 0.717) is 0 Å². The number of hydrogen-bond acceptors (Lipinski definition) is 4. The molecule has 1 N–H and O–H groups in total. The molecule has 1 fully saturated rings. The molecule has 1 atom stereocenters. The second-order valence-electron chi connectivity index (χ2n) is 4.41. The van der Waals surface area contributed by atoms with Crippen molar-refractivity contribution in [1.82, 2.24) is 4.98 Å². The predicted molar refractivity (Wildman–Crippen MR) is 72.5 cm³/mol. The summed E-state index contributed by atoms with van der Waals surface area (Å²) in [6, 6.07) is 4.15. The number of pyridine rings is 1. The number of rotatable bonds is 4. The van der Waals surface area contributed by atoms with Crippen molar-refractivity contribution >= 4 is 23.3 Å². The highest BCUT2D eigenvalue weighted by molar-refractivity contribution is 7.99. The Bertz CT molecular complexity index is 318. The summed E-state index contributed by atoms with van der Waals surface area (Å²) in [6.45, 7) is 1.08. The van der Waals surface area contributed by atoms with Gasteiger partial charge in [0.1, 0.15) is 5.82 Å². The Balaban J connectivity index is 1.84. The van der Waals surface area contributed by atoms with Crippen LogP contribution in [0.4, 0.5) is 11.5 Å². The first-order chi connectivity index (χ1) is 7.75. The maximum absolute atomic E-state index is 4.38. The normalized spacial score (nSPS) is 19.8. The second-order valence-corrected chi connectivity index (χ2v) is 5.56. The number of anilines is 2. The Kier molecular flexibility index (Phi) is 3.93. The molecule has 0 saturated carbocycles. The van der Waals surface area contributed by atoms with Crippen LogP contribution in [0.15, 0.2) is 18.3 Å². The van der Waals surface area contributed by atoms with Crippen LogP contribution in [0.1, 0.15) is 6.42 Å². The van der Waals surface area contributed by atoms with Gasteiger partial charge < -0.3 is 10.2 Å². The zero-order chi connectivity index (χ0) is 11.4. The molecule has 1 unspecified atom stereocenters. The van der Waals surface area contributed by atoms with Crippen molar-refractivity contribution in [2.45, 2.75) is 6.42 Å². The third-order valence-corrected chi connectivity index (χ3v) is 4.06. The summed E-state index contributed by atoms with van der Waals surface area (Å²) >= 11 is 2.06. The fraction of sp³-hybridized carbons (Fsp3) is 0.583. The topological polar surface area (TPSA) is 28.2 Å². The van der Waals surface area contributed by atoms with Gasteiger partial charge in [0, 0.05) is 20.6 Å². The van der Waals surface area contributed by atoms with Crippen LogP contribution in [0.2, 0.25) is 0 Å². The SMILES string of the molecule is CN(C)c1ccc(NCC2CCSC2)cn1. The molecule has 0 amide bonds. The molecule has 0 aromatic carbocycles. The first kappa shape index (κ1) is 11.6. The van der Waals surface area contributed by atoms with E-state index in [1.807, 2.05) is 31.3 Å². The van der Waals surface area contributed by atoms with Crippen molar-refractivity contribution in [2.75, 3.05) is 42.4 Å². The largest absolute Gasteiger partial charge is 0.383 e. The van der Waals surface area contributed by atoms with Gasteiger partial charge in [-0.05, 0) is 36.0 Å². The number of nitrogens with zero attached hydrogens (tertiary/aromatic N) is 2. The number of thioether (sulfide) groups is 1. The van der Waals surface area contributed by atoms with Crippen LogP contribution in [0.25, 0.3) is 0 Å². The van der Waals surface area contributed by atoms with E-state index >= 15 is 0 Å². The Morgan fingerprint density at radius 2 is 2.38 bits per heavy atom. The highest BCUT2D eigenvalue weighted by Gasteiger charge is 2.14. The molecule has 1 aliphatic heterocycles. The minimum Gasteiger partial charge on any atom is -0.383 e. The first-order valence-corrected chi connectivity index (χ1v) is 6.86. The summed E-state index contributed by atoms with van der Waals surface area (Å²) in [5.74, 6) is 4.46.